The summed E-state index contributed by atoms with van der Waals surface area (Å²) in [6, 6.07) is -0.155. The molecule has 128 valence electrons. The standard InChI is InChI=1S/C16H30N2O3S/c1-12-6-8-13(9-7-12)11-17-16(19)18-14-4-3-5-15(10-14)22(2,20)21/h12-15H,3-11H2,1-2H3,(H2,17,18,19). The summed E-state index contributed by atoms with van der Waals surface area (Å²) in [6.07, 6.45) is 9.21. The molecular weight excluding hydrogens is 300 g/mol. The molecule has 0 aromatic carbocycles. The van der Waals surface area contributed by atoms with E-state index in [9.17, 15) is 13.2 Å². The van der Waals surface area contributed by atoms with Gasteiger partial charge >= 0.3 is 6.03 Å². The van der Waals surface area contributed by atoms with Gasteiger partial charge in [0.25, 0.3) is 0 Å². The van der Waals surface area contributed by atoms with Crippen LogP contribution in [0.3, 0.4) is 0 Å². The molecule has 0 radical (unpaired) electrons. The van der Waals surface area contributed by atoms with Crippen molar-refractivity contribution in [1.29, 1.82) is 0 Å². The Kier molecular flexibility index (Phi) is 6.12. The number of amides is 2. The first-order valence-electron chi connectivity index (χ1n) is 8.58. The fourth-order valence-electron chi connectivity index (χ4n) is 3.67. The number of urea groups is 1. The number of carbonyl (C=O) groups is 1. The van der Waals surface area contributed by atoms with Crippen LogP contribution in [-0.2, 0) is 9.84 Å². The normalized spacial score (nSPS) is 33.2. The second-order valence-corrected chi connectivity index (χ2v) is 9.62. The van der Waals surface area contributed by atoms with Gasteiger partial charge in [0, 0.05) is 18.8 Å². The van der Waals surface area contributed by atoms with Crippen molar-refractivity contribution in [2.45, 2.75) is 69.6 Å². The van der Waals surface area contributed by atoms with Crippen molar-refractivity contribution in [2.75, 3.05) is 12.8 Å². The van der Waals surface area contributed by atoms with Crippen molar-refractivity contribution in [3.8, 4) is 0 Å². The number of carbonyl (C=O) groups excluding carboxylic acids is 1. The lowest BCUT2D eigenvalue weighted by Crippen LogP contribution is -2.47. The predicted octanol–water partition coefficient (Wildman–Crippen LogP) is 2.47. The van der Waals surface area contributed by atoms with Gasteiger partial charge in [-0.05, 0) is 43.9 Å². The summed E-state index contributed by atoms with van der Waals surface area (Å²) < 4.78 is 23.3. The summed E-state index contributed by atoms with van der Waals surface area (Å²) >= 11 is 0. The Bertz CT molecular complexity index is 470. The molecule has 0 heterocycles. The van der Waals surface area contributed by atoms with E-state index < -0.39 is 9.84 Å². The second-order valence-electron chi connectivity index (χ2n) is 7.30. The van der Waals surface area contributed by atoms with Gasteiger partial charge < -0.3 is 10.6 Å². The van der Waals surface area contributed by atoms with E-state index in [1.165, 1.54) is 31.9 Å². The van der Waals surface area contributed by atoms with Crippen molar-refractivity contribution in [2.24, 2.45) is 11.8 Å². The molecule has 0 saturated heterocycles. The van der Waals surface area contributed by atoms with Crippen LogP contribution in [0.25, 0.3) is 0 Å². The van der Waals surface area contributed by atoms with E-state index in [-0.39, 0.29) is 17.3 Å². The maximum Gasteiger partial charge on any atom is 0.315 e. The summed E-state index contributed by atoms with van der Waals surface area (Å²) in [6.45, 7) is 3.03. The average Bonchev–Trinajstić information content (AvgIpc) is 2.46. The number of sulfone groups is 1. The van der Waals surface area contributed by atoms with E-state index in [1.807, 2.05) is 0 Å². The number of hydrogen-bond donors (Lipinski definition) is 2. The Morgan fingerprint density at radius 1 is 1.09 bits per heavy atom. The van der Waals surface area contributed by atoms with Gasteiger partial charge in [-0.1, -0.05) is 26.2 Å². The molecule has 0 bridgehead atoms. The maximum absolute atomic E-state index is 12.0. The van der Waals surface area contributed by atoms with E-state index in [0.717, 1.165) is 31.7 Å². The van der Waals surface area contributed by atoms with Gasteiger partial charge in [0.1, 0.15) is 9.84 Å². The van der Waals surface area contributed by atoms with E-state index in [0.29, 0.717) is 12.3 Å². The molecule has 2 aliphatic carbocycles. The van der Waals surface area contributed by atoms with Crippen LogP contribution >= 0.6 is 0 Å². The minimum atomic E-state index is -3.00. The van der Waals surface area contributed by atoms with Crippen LogP contribution in [0, 0.1) is 11.8 Å². The molecular formula is C16H30N2O3S. The van der Waals surface area contributed by atoms with Gasteiger partial charge in [0.05, 0.1) is 5.25 Å². The molecule has 2 N–H and O–H groups in total. The lowest BCUT2D eigenvalue weighted by Gasteiger charge is -2.29. The van der Waals surface area contributed by atoms with Crippen LogP contribution in [0.5, 0.6) is 0 Å². The molecule has 2 fully saturated rings. The van der Waals surface area contributed by atoms with Crippen LogP contribution < -0.4 is 10.6 Å². The van der Waals surface area contributed by atoms with Gasteiger partial charge in [0.2, 0.25) is 0 Å². The van der Waals surface area contributed by atoms with Gasteiger partial charge in [-0.3, -0.25) is 0 Å². The van der Waals surface area contributed by atoms with Crippen LogP contribution in [0.15, 0.2) is 0 Å². The Morgan fingerprint density at radius 3 is 2.41 bits per heavy atom. The summed E-state index contributed by atoms with van der Waals surface area (Å²) in [5.74, 6) is 1.41. The van der Waals surface area contributed by atoms with Crippen LogP contribution in [0.4, 0.5) is 4.79 Å². The monoisotopic (exact) mass is 330 g/mol. The van der Waals surface area contributed by atoms with Gasteiger partial charge in [-0.25, -0.2) is 13.2 Å². The SMILES string of the molecule is CC1CCC(CNC(=O)NC2CCCC(S(C)(=O)=O)C2)CC1. The average molecular weight is 330 g/mol. The zero-order valence-corrected chi connectivity index (χ0v) is 14.6. The van der Waals surface area contributed by atoms with E-state index in [1.54, 1.807) is 0 Å². The highest BCUT2D eigenvalue weighted by Gasteiger charge is 2.29. The van der Waals surface area contributed by atoms with Crippen molar-refractivity contribution < 1.29 is 13.2 Å². The molecule has 2 atom stereocenters. The first-order chi connectivity index (χ1) is 10.3. The van der Waals surface area contributed by atoms with E-state index in [4.69, 9.17) is 0 Å². The summed E-state index contributed by atoms with van der Waals surface area (Å²) in [4.78, 5) is 12.0. The Balaban J connectivity index is 1.70. The number of rotatable bonds is 4. The van der Waals surface area contributed by atoms with Crippen molar-refractivity contribution in [3.05, 3.63) is 0 Å². The van der Waals surface area contributed by atoms with Crippen LogP contribution in [0.2, 0.25) is 0 Å². The highest BCUT2D eigenvalue weighted by atomic mass is 32.2. The lowest BCUT2D eigenvalue weighted by molar-refractivity contribution is 0.225. The topological polar surface area (TPSA) is 75.3 Å². The van der Waals surface area contributed by atoms with Crippen molar-refractivity contribution in [1.82, 2.24) is 10.6 Å². The Morgan fingerprint density at radius 2 is 1.77 bits per heavy atom. The first-order valence-corrected chi connectivity index (χ1v) is 10.5. The number of nitrogens with one attached hydrogen (secondary N) is 2. The van der Waals surface area contributed by atoms with Crippen molar-refractivity contribution >= 4 is 15.9 Å². The fraction of sp³-hybridized carbons (Fsp3) is 0.938. The molecule has 2 amide bonds. The van der Waals surface area contributed by atoms with Gasteiger partial charge in [-0.2, -0.15) is 0 Å². The largest absolute Gasteiger partial charge is 0.338 e. The second kappa shape index (κ2) is 7.66. The van der Waals surface area contributed by atoms with Gasteiger partial charge in [0.15, 0.2) is 0 Å². The molecule has 0 aromatic heterocycles. The smallest absolute Gasteiger partial charge is 0.315 e. The molecule has 0 aromatic rings. The van der Waals surface area contributed by atoms with Crippen molar-refractivity contribution in [3.63, 3.8) is 0 Å². The fourth-order valence-corrected chi connectivity index (χ4v) is 4.85. The number of hydrogen-bond acceptors (Lipinski definition) is 3. The van der Waals surface area contributed by atoms with Gasteiger partial charge in [-0.15, -0.1) is 0 Å². The molecule has 0 aliphatic heterocycles. The zero-order chi connectivity index (χ0) is 16.2. The molecule has 0 spiro atoms. The molecule has 22 heavy (non-hydrogen) atoms. The lowest BCUT2D eigenvalue weighted by atomic mass is 9.83. The summed E-state index contributed by atoms with van der Waals surface area (Å²) in [5.41, 5.74) is 0. The third kappa shape index (κ3) is 5.45. The first kappa shape index (κ1) is 17.6. The highest BCUT2D eigenvalue weighted by Crippen LogP contribution is 2.27. The Labute approximate surface area is 134 Å². The zero-order valence-electron chi connectivity index (χ0n) is 13.8. The third-order valence-electron chi connectivity index (χ3n) is 5.25. The molecule has 2 unspecified atom stereocenters. The summed E-state index contributed by atoms with van der Waals surface area (Å²) in [5, 5.41) is 5.62. The molecule has 2 saturated carbocycles. The molecule has 5 nitrogen and oxygen atoms in total. The maximum atomic E-state index is 12.0. The molecule has 6 heteroatoms. The quantitative estimate of drug-likeness (QED) is 0.831. The van der Waals surface area contributed by atoms with Crippen LogP contribution in [-0.4, -0.2) is 38.5 Å². The predicted molar refractivity (Wildman–Crippen MR) is 88.5 cm³/mol. The van der Waals surface area contributed by atoms with Crippen LogP contribution in [0.1, 0.15) is 58.3 Å². The molecule has 2 rings (SSSR count). The minimum Gasteiger partial charge on any atom is -0.338 e. The minimum absolute atomic E-state index is 0.0140. The third-order valence-corrected chi connectivity index (χ3v) is 6.89. The Hall–Kier alpha value is -0.780. The van der Waals surface area contributed by atoms with E-state index in [2.05, 4.69) is 17.6 Å². The highest BCUT2D eigenvalue weighted by molar-refractivity contribution is 7.91. The van der Waals surface area contributed by atoms with E-state index >= 15 is 0 Å². The molecule has 2 aliphatic rings. The summed E-state index contributed by atoms with van der Waals surface area (Å²) in [7, 11) is -3.00.